The van der Waals surface area contributed by atoms with E-state index in [1.54, 1.807) is 13.3 Å². The molecular weight excluding hydrogens is 532 g/mol. The molecule has 0 aromatic heterocycles. The number of nitrogens with one attached hydrogen (secondary N) is 1. The smallest absolute Gasteiger partial charge is 0.227 e. The molecule has 2 aliphatic rings. The van der Waals surface area contributed by atoms with Gasteiger partial charge in [0.25, 0.3) is 0 Å². The average Bonchev–Trinajstić information content (AvgIpc) is 3.43. The fraction of sp³-hybridized carbons (Fsp3) is 0.483. The number of halogens is 1. The normalized spacial score (nSPS) is 19.5. The van der Waals surface area contributed by atoms with Gasteiger partial charge in [0, 0.05) is 44.7 Å². The molecule has 8 heteroatoms. The molecule has 2 amide bonds. The molecule has 2 heterocycles. The number of carbonyl (C=O) groups excluding carboxylic acids is 2. The Morgan fingerprint density at radius 3 is 2.57 bits per heavy atom. The topological polar surface area (TPSA) is 87.9 Å². The molecule has 0 bridgehead atoms. The van der Waals surface area contributed by atoms with Gasteiger partial charge in [0.05, 0.1) is 10.9 Å². The highest BCUT2D eigenvalue weighted by atomic mass is 79.9. The third kappa shape index (κ3) is 8.03. The Hall–Kier alpha value is -2.42. The molecule has 2 atom stereocenters. The van der Waals surface area contributed by atoms with Crippen molar-refractivity contribution in [3.63, 3.8) is 0 Å². The summed E-state index contributed by atoms with van der Waals surface area (Å²) in [6.07, 6.45) is 5.06. The lowest BCUT2D eigenvalue weighted by molar-refractivity contribution is -0.130. The number of hydrogen-bond donors (Lipinski definition) is 2. The molecule has 199 valence electrons. The molecule has 37 heavy (non-hydrogen) atoms. The van der Waals surface area contributed by atoms with E-state index in [0.717, 1.165) is 67.8 Å². The summed E-state index contributed by atoms with van der Waals surface area (Å²) in [7, 11) is 0. The van der Waals surface area contributed by atoms with E-state index in [0.29, 0.717) is 13.0 Å². The highest BCUT2D eigenvalue weighted by Gasteiger charge is 2.28. The number of nitrogens with zero attached hydrogens (tertiary/aromatic N) is 2. The van der Waals surface area contributed by atoms with Crippen molar-refractivity contribution in [3.05, 3.63) is 70.6 Å². The van der Waals surface area contributed by atoms with Gasteiger partial charge in [0.15, 0.2) is 0 Å². The van der Waals surface area contributed by atoms with Crippen LogP contribution in [0.25, 0.3) is 0 Å². The van der Waals surface area contributed by atoms with Crippen LogP contribution in [-0.2, 0) is 22.7 Å². The Balaban J connectivity index is 1.32. The number of likely N-dealkylation sites (tertiary alicyclic amines) is 1. The summed E-state index contributed by atoms with van der Waals surface area (Å²) in [5.74, 6) is 0.0378. The van der Waals surface area contributed by atoms with Gasteiger partial charge < -0.3 is 20.7 Å². The van der Waals surface area contributed by atoms with Crippen LogP contribution in [0.2, 0.25) is 0 Å². The van der Waals surface area contributed by atoms with Crippen LogP contribution in [0.15, 0.2) is 53.0 Å². The molecular formula is C29H38BrN4O3. The second-order valence-corrected chi connectivity index (χ2v) is 11.1. The zero-order valence-electron chi connectivity index (χ0n) is 21.6. The molecule has 4 rings (SSSR count). The lowest BCUT2D eigenvalue weighted by Gasteiger charge is -2.32. The van der Waals surface area contributed by atoms with E-state index in [1.807, 2.05) is 17.0 Å². The maximum absolute atomic E-state index is 13.1. The second kappa shape index (κ2) is 13.4. The number of primary amides is 1. The number of nitrogens with two attached hydrogens (primary N) is 1. The molecule has 2 aromatic carbocycles. The van der Waals surface area contributed by atoms with Crippen LogP contribution in [-0.4, -0.2) is 59.9 Å². The molecule has 0 aliphatic carbocycles. The van der Waals surface area contributed by atoms with Crippen LogP contribution in [0.1, 0.15) is 43.7 Å². The van der Waals surface area contributed by atoms with Crippen molar-refractivity contribution >= 4 is 27.7 Å². The first-order valence-electron chi connectivity index (χ1n) is 13.2. The van der Waals surface area contributed by atoms with Crippen LogP contribution < -0.4 is 15.8 Å². The fourth-order valence-corrected chi connectivity index (χ4v) is 5.46. The Kier molecular flexibility index (Phi) is 10.00. The number of amides is 2. The minimum Gasteiger partial charge on any atom is -0.489 e. The largest absolute Gasteiger partial charge is 0.489 e. The summed E-state index contributed by atoms with van der Waals surface area (Å²) in [5.41, 5.74) is 7.75. The van der Waals surface area contributed by atoms with E-state index < -0.39 is 0 Å². The maximum Gasteiger partial charge on any atom is 0.227 e. The number of benzene rings is 2. The van der Waals surface area contributed by atoms with Crippen molar-refractivity contribution in [3.8, 4) is 5.75 Å². The zero-order chi connectivity index (χ0) is 26.2. The van der Waals surface area contributed by atoms with Crippen LogP contribution >= 0.6 is 15.9 Å². The first-order chi connectivity index (χ1) is 17.9. The van der Waals surface area contributed by atoms with Crippen molar-refractivity contribution in [2.75, 3.05) is 26.2 Å². The molecule has 0 unspecified atom stereocenters. The number of ether oxygens (including phenoxy) is 1. The average molecular weight is 571 g/mol. The zero-order valence-corrected chi connectivity index (χ0v) is 23.2. The summed E-state index contributed by atoms with van der Waals surface area (Å²) >= 11 is 3.70. The van der Waals surface area contributed by atoms with Gasteiger partial charge in [-0.25, -0.2) is 0 Å². The van der Waals surface area contributed by atoms with E-state index in [1.165, 1.54) is 5.56 Å². The van der Waals surface area contributed by atoms with Crippen LogP contribution in [0.4, 0.5) is 0 Å². The number of piperidine rings is 1. The van der Waals surface area contributed by atoms with Crippen molar-refractivity contribution in [1.29, 1.82) is 0 Å². The summed E-state index contributed by atoms with van der Waals surface area (Å²) in [6.45, 7) is 6.94. The first kappa shape index (κ1) is 27.6. The van der Waals surface area contributed by atoms with Gasteiger partial charge in [-0.2, -0.15) is 0 Å². The Bertz CT molecular complexity index is 1040. The first-order valence-corrected chi connectivity index (χ1v) is 14.0. The number of hydrogen-bond acceptors (Lipinski definition) is 5. The van der Waals surface area contributed by atoms with Gasteiger partial charge in [-0.3, -0.25) is 14.5 Å². The molecule has 2 saturated heterocycles. The molecule has 0 spiro atoms. The van der Waals surface area contributed by atoms with Crippen LogP contribution in [0.5, 0.6) is 5.75 Å². The Morgan fingerprint density at radius 1 is 1.16 bits per heavy atom. The van der Waals surface area contributed by atoms with Crippen molar-refractivity contribution < 1.29 is 14.3 Å². The standard InChI is InChI=1S/C29H38BrN4O3/c1-21(29(31)36)7-10-28(35)34(24-11-14-32-18-24)20-23-8-9-27(26(30)17-23)37-25-12-15-33(16-13-25)19-22-5-3-2-4-6-22/h2-6,8-10,17,21,24-25,32H,7,11-16,18-20H2,1H3,(H2,31,36)/t21-,24-/m0/s1. The van der Waals surface area contributed by atoms with Crippen molar-refractivity contribution in [2.45, 2.75) is 57.8 Å². The number of rotatable bonds is 11. The second-order valence-electron chi connectivity index (χ2n) is 10.2. The SMILES string of the molecule is C[C@@H](C[CH]C(=O)N(Cc1ccc(OC2CCN(Cc3ccccc3)CC2)c(Br)c1)[C@H]1CCNC1)C(N)=O. The maximum atomic E-state index is 13.1. The van der Waals surface area contributed by atoms with E-state index in [4.69, 9.17) is 10.5 Å². The molecule has 7 nitrogen and oxygen atoms in total. The van der Waals surface area contributed by atoms with Gasteiger partial charge >= 0.3 is 0 Å². The van der Waals surface area contributed by atoms with Gasteiger partial charge in [0.2, 0.25) is 11.8 Å². The minimum absolute atomic E-state index is 0.0551. The molecule has 1 radical (unpaired) electrons. The summed E-state index contributed by atoms with van der Waals surface area (Å²) in [5, 5.41) is 3.34. The monoisotopic (exact) mass is 569 g/mol. The molecule has 2 aliphatic heterocycles. The Morgan fingerprint density at radius 2 is 1.92 bits per heavy atom. The van der Waals surface area contributed by atoms with E-state index >= 15 is 0 Å². The van der Waals surface area contributed by atoms with E-state index in [2.05, 4.69) is 62.5 Å². The van der Waals surface area contributed by atoms with Crippen molar-refractivity contribution in [2.24, 2.45) is 11.7 Å². The van der Waals surface area contributed by atoms with Gasteiger partial charge in [-0.05, 0) is 71.4 Å². The lowest BCUT2D eigenvalue weighted by Crippen LogP contribution is -2.41. The predicted molar refractivity (Wildman–Crippen MR) is 149 cm³/mol. The number of carbonyl (C=O) groups is 2. The molecule has 2 fully saturated rings. The van der Waals surface area contributed by atoms with Gasteiger partial charge in [0.1, 0.15) is 11.9 Å². The third-order valence-electron chi connectivity index (χ3n) is 7.32. The Labute approximate surface area is 228 Å². The predicted octanol–water partition coefficient (Wildman–Crippen LogP) is 3.90. The van der Waals surface area contributed by atoms with Crippen LogP contribution in [0.3, 0.4) is 0 Å². The fourth-order valence-electron chi connectivity index (χ4n) is 4.94. The summed E-state index contributed by atoms with van der Waals surface area (Å²) < 4.78 is 7.27. The summed E-state index contributed by atoms with van der Waals surface area (Å²) in [6, 6.07) is 16.8. The molecule has 2 aromatic rings. The van der Waals surface area contributed by atoms with E-state index in [-0.39, 0.29) is 29.9 Å². The minimum atomic E-state index is -0.389. The van der Waals surface area contributed by atoms with E-state index in [9.17, 15) is 9.59 Å². The van der Waals surface area contributed by atoms with Crippen molar-refractivity contribution in [1.82, 2.24) is 15.1 Å². The van der Waals surface area contributed by atoms with Gasteiger partial charge in [-0.1, -0.05) is 43.3 Å². The lowest BCUT2D eigenvalue weighted by atomic mass is 10.0. The van der Waals surface area contributed by atoms with Crippen LogP contribution in [0, 0.1) is 12.3 Å². The molecule has 3 N–H and O–H groups in total. The highest BCUT2D eigenvalue weighted by molar-refractivity contribution is 9.10. The third-order valence-corrected chi connectivity index (χ3v) is 7.94. The highest BCUT2D eigenvalue weighted by Crippen LogP contribution is 2.30. The molecule has 0 saturated carbocycles. The summed E-state index contributed by atoms with van der Waals surface area (Å²) in [4.78, 5) is 28.8. The van der Waals surface area contributed by atoms with Gasteiger partial charge in [-0.15, -0.1) is 0 Å². The quantitative estimate of drug-likeness (QED) is 0.428.